The maximum Gasteiger partial charge on any atom is 0.450 e. The van der Waals surface area contributed by atoms with E-state index in [-0.39, 0.29) is 25.5 Å². The van der Waals surface area contributed by atoms with Crippen molar-refractivity contribution in [2.45, 2.75) is 25.7 Å². The lowest BCUT2D eigenvalue weighted by atomic mass is 9.83. The third-order valence-corrected chi connectivity index (χ3v) is 6.90. The van der Waals surface area contributed by atoms with E-state index in [9.17, 15) is 27.4 Å². The van der Waals surface area contributed by atoms with Crippen LogP contribution in [-0.2, 0) is 35.0 Å². The molecule has 3 unspecified atom stereocenters. The van der Waals surface area contributed by atoms with Gasteiger partial charge in [0.15, 0.2) is 0 Å². The van der Waals surface area contributed by atoms with Gasteiger partial charge >= 0.3 is 14.5 Å². The Bertz CT molecular complexity index is 1180. The van der Waals surface area contributed by atoms with E-state index < -0.39 is 40.9 Å². The second kappa shape index (κ2) is 12.3. The Labute approximate surface area is 216 Å². The Morgan fingerprint density at radius 3 is 2.56 bits per heavy atom. The molecule has 8 nitrogen and oxygen atoms in total. The highest BCUT2D eigenvalue weighted by Gasteiger charge is 2.47. The topological polar surface area (TPSA) is 110 Å². The molecule has 13 heteroatoms. The normalized spacial score (nSPS) is 20.0. The molecule has 0 aromatic heterocycles. The largest absolute Gasteiger partial charge is 0.450 e. The predicted molar refractivity (Wildman–Crippen MR) is 136 cm³/mol. The van der Waals surface area contributed by atoms with Gasteiger partial charge in [0.05, 0.1) is 18.8 Å². The number of hydrogen-bond donors (Lipinski definition) is 1. The number of benzene rings is 2. The van der Waals surface area contributed by atoms with Gasteiger partial charge in [0.25, 0.3) is 10.1 Å². The van der Waals surface area contributed by atoms with Gasteiger partial charge in [-0.1, -0.05) is 35.9 Å². The average Bonchev–Trinajstić information content (AvgIpc) is 3.04. The van der Waals surface area contributed by atoms with Crippen molar-refractivity contribution < 1.29 is 36.3 Å². The van der Waals surface area contributed by atoms with Crippen LogP contribution in [0, 0.1) is 17.7 Å². The third kappa shape index (κ3) is 7.39. The molecule has 3 rings (SSSR count). The number of amides is 1. The molecule has 36 heavy (non-hydrogen) atoms. The number of carbonyl (C=O) groups excluding carboxylic acids is 2. The SMILES string of the molecule is CB(O)OCC1C(=O)N([B]C=O)C(Cc2ccc(-c3cc(Cl)ccc3F)cc2)C1CCOS(C)(=O)=O. The van der Waals surface area contributed by atoms with Crippen molar-refractivity contribution in [3.8, 4) is 11.1 Å². The molecule has 0 spiro atoms. The molecular formula is C23H26B2ClFNO7S. The van der Waals surface area contributed by atoms with Gasteiger partial charge in [-0.3, -0.25) is 8.98 Å². The molecule has 1 N–H and O–H groups in total. The Kier molecular flexibility index (Phi) is 9.71. The van der Waals surface area contributed by atoms with Crippen LogP contribution in [-0.4, -0.2) is 70.4 Å². The summed E-state index contributed by atoms with van der Waals surface area (Å²) in [6.07, 6.45) is 1.99. The van der Waals surface area contributed by atoms with Crippen molar-refractivity contribution in [3.05, 3.63) is 58.9 Å². The Balaban J connectivity index is 1.87. The molecular weight excluding hydrogens is 510 g/mol. The van der Waals surface area contributed by atoms with Crippen LogP contribution in [0.4, 0.5) is 4.39 Å². The van der Waals surface area contributed by atoms with Crippen molar-refractivity contribution in [2.24, 2.45) is 11.8 Å². The van der Waals surface area contributed by atoms with E-state index in [1.807, 2.05) is 0 Å². The molecule has 0 aliphatic carbocycles. The summed E-state index contributed by atoms with van der Waals surface area (Å²) < 4.78 is 47.4. The van der Waals surface area contributed by atoms with Gasteiger partial charge < -0.3 is 19.3 Å². The van der Waals surface area contributed by atoms with Crippen LogP contribution < -0.4 is 0 Å². The molecule has 2 aromatic rings. The summed E-state index contributed by atoms with van der Waals surface area (Å²) in [5.74, 6) is -1.93. The molecule has 1 aliphatic rings. The first-order valence-corrected chi connectivity index (χ1v) is 13.5. The van der Waals surface area contributed by atoms with E-state index in [2.05, 4.69) is 0 Å². The van der Waals surface area contributed by atoms with E-state index in [1.165, 1.54) is 29.8 Å². The van der Waals surface area contributed by atoms with Gasteiger partial charge in [0, 0.05) is 23.2 Å². The van der Waals surface area contributed by atoms with E-state index in [1.54, 1.807) is 24.3 Å². The zero-order valence-corrected chi connectivity index (χ0v) is 21.4. The lowest BCUT2D eigenvalue weighted by Gasteiger charge is -2.27. The zero-order chi connectivity index (χ0) is 26.5. The lowest BCUT2D eigenvalue weighted by molar-refractivity contribution is -0.128. The Morgan fingerprint density at radius 1 is 1.25 bits per heavy atom. The van der Waals surface area contributed by atoms with Gasteiger partial charge in [-0.15, -0.1) is 0 Å². The van der Waals surface area contributed by atoms with Crippen LogP contribution in [0.3, 0.4) is 0 Å². The first-order chi connectivity index (χ1) is 17.0. The molecule has 1 amide bonds. The Morgan fingerprint density at radius 2 is 1.94 bits per heavy atom. The van der Waals surface area contributed by atoms with E-state index in [0.717, 1.165) is 19.2 Å². The maximum atomic E-state index is 14.3. The van der Waals surface area contributed by atoms with Crippen LogP contribution in [0.25, 0.3) is 11.1 Å². The number of carbonyl (C=O) groups is 2. The third-order valence-electron chi connectivity index (χ3n) is 6.07. The van der Waals surface area contributed by atoms with Crippen molar-refractivity contribution >= 4 is 48.3 Å². The average molecular weight is 537 g/mol. The van der Waals surface area contributed by atoms with E-state index >= 15 is 0 Å². The highest BCUT2D eigenvalue weighted by Crippen LogP contribution is 2.36. The molecule has 1 saturated heterocycles. The number of hydrogen-bond acceptors (Lipinski definition) is 7. The Hall–Kier alpha value is -2.24. The van der Waals surface area contributed by atoms with Crippen LogP contribution in [0.15, 0.2) is 42.5 Å². The second-order valence-electron chi connectivity index (χ2n) is 8.64. The second-order valence-corrected chi connectivity index (χ2v) is 10.7. The van der Waals surface area contributed by atoms with Crippen molar-refractivity contribution in [1.29, 1.82) is 0 Å². The first-order valence-electron chi connectivity index (χ1n) is 11.3. The predicted octanol–water partition coefficient (Wildman–Crippen LogP) is 2.43. The molecule has 0 bridgehead atoms. The molecule has 1 radical (unpaired) electrons. The minimum absolute atomic E-state index is 0.104. The molecule has 2 aromatic carbocycles. The number of nitrogens with zero attached hydrogens (tertiary/aromatic N) is 1. The summed E-state index contributed by atoms with van der Waals surface area (Å²) in [5.41, 5.74) is 1.79. The number of halogens is 2. The fraction of sp³-hybridized carbons (Fsp3) is 0.391. The van der Waals surface area contributed by atoms with Gasteiger partial charge in [0.1, 0.15) is 12.0 Å². The van der Waals surface area contributed by atoms with Crippen LogP contribution in [0.2, 0.25) is 11.8 Å². The first kappa shape index (κ1) is 28.3. The zero-order valence-electron chi connectivity index (χ0n) is 19.8. The maximum absolute atomic E-state index is 14.3. The van der Waals surface area contributed by atoms with Crippen LogP contribution in [0.1, 0.15) is 12.0 Å². The molecule has 0 saturated carbocycles. The van der Waals surface area contributed by atoms with Crippen molar-refractivity contribution in [3.63, 3.8) is 0 Å². The minimum Gasteiger partial charge on any atom is -0.427 e. The summed E-state index contributed by atoms with van der Waals surface area (Å²) in [5, 5.41) is 9.95. The highest BCUT2D eigenvalue weighted by atomic mass is 35.5. The van der Waals surface area contributed by atoms with Crippen LogP contribution >= 0.6 is 11.6 Å². The molecule has 191 valence electrons. The van der Waals surface area contributed by atoms with Gasteiger partial charge in [-0.2, -0.15) is 8.42 Å². The summed E-state index contributed by atoms with van der Waals surface area (Å²) in [4.78, 5) is 25.8. The summed E-state index contributed by atoms with van der Waals surface area (Å²) >= 11 is 6.01. The lowest BCUT2D eigenvalue weighted by Crippen LogP contribution is -2.40. The molecule has 3 atom stereocenters. The van der Waals surface area contributed by atoms with Gasteiger partial charge in [0.2, 0.25) is 5.91 Å². The van der Waals surface area contributed by atoms with Gasteiger partial charge in [-0.25, -0.2) is 4.39 Å². The fourth-order valence-corrected chi connectivity index (χ4v) is 5.03. The summed E-state index contributed by atoms with van der Waals surface area (Å²) in [6, 6.07) is 10.9. The summed E-state index contributed by atoms with van der Waals surface area (Å²) in [6.45, 7) is 1.16. The van der Waals surface area contributed by atoms with Crippen molar-refractivity contribution in [2.75, 3.05) is 19.5 Å². The highest BCUT2D eigenvalue weighted by molar-refractivity contribution is 7.85. The molecule has 1 heterocycles. The molecule has 1 fully saturated rings. The molecule has 1 aliphatic heterocycles. The van der Waals surface area contributed by atoms with E-state index in [4.69, 9.17) is 20.4 Å². The quantitative estimate of drug-likeness (QED) is 0.252. The summed E-state index contributed by atoms with van der Waals surface area (Å²) in [7, 11) is -3.64. The fourth-order valence-electron chi connectivity index (χ4n) is 4.46. The standard InChI is InChI=1S/C23H26B2ClFNO7S/c1-25(31)34-13-20-18(9-10-35-36(2,32)33)22(28(23(20)30)24-14-29)11-15-3-5-16(6-4-15)19-12-17(26)7-8-21(19)27/h3-8,12,14,18,20,22,31H,9-11,13H2,1-2H3. The van der Waals surface area contributed by atoms with Crippen molar-refractivity contribution in [1.82, 2.24) is 4.81 Å². The number of rotatable bonds is 12. The van der Waals surface area contributed by atoms with Gasteiger partial charge in [-0.05, 0) is 54.9 Å². The van der Waals surface area contributed by atoms with Crippen LogP contribution in [0.5, 0.6) is 0 Å². The smallest absolute Gasteiger partial charge is 0.427 e. The van der Waals surface area contributed by atoms with E-state index in [0.29, 0.717) is 28.8 Å². The monoisotopic (exact) mass is 536 g/mol. The minimum atomic E-state index is -3.68.